The number of nitrogens with one attached hydrogen (secondary N) is 1. The highest BCUT2D eigenvalue weighted by molar-refractivity contribution is 5.89. The van der Waals surface area contributed by atoms with Crippen molar-refractivity contribution in [1.29, 1.82) is 0 Å². The zero-order valence-corrected chi connectivity index (χ0v) is 10.1. The van der Waals surface area contributed by atoms with Gasteiger partial charge in [0.05, 0.1) is 5.54 Å². The van der Waals surface area contributed by atoms with Gasteiger partial charge in [0, 0.05) is 6.42 Å². The van der Waals surface area contributed by atoms with Crippen LogP contribution in [0.2, 0.25) is 0 Å². The van der Waals surface area contributed by atoms with Crippen molar-refractivity contribution in [3.8, 4) is 0 Å². The number of hydrogen-bond donors (Lipinski definition) is 1. The number of piperidine rings is 1. The van der Waals surface area contributed by atoms with Crippen LogP contribution in [-0.2, 0) is 11.2 Å². The Morgan fingerprint density at radius 2 is 2.18 bits per heavy atom. The third kappa shape index (κ3) is 2.72. The molecule has 17 heavy (non-hydrogen) atoms. The summed E-state index contributed by atoms with van der Waals surface area (Å²) in [4.78, 5) is 12.2. The Morgan fingerprint density at radius 3 is 2.82 bits per heavy atom. The summed E-state index contributed by atoms with van der Waals surface area (Å²) in [6, 6.07) is 6.49. The summed E-state index contributed by atoms with van der Waals surface area (Å²) in [5, 5.41) is 3.26. The van der Waals surface area contributed by atoms with Crippen molar-refractivity contribution in [2.24, 2.45) is 0 Å². The molecule has 0 aromatic heterocycles. The van der Waals surface area contributed by atoms with E-state index in [4.69, 9.17) is 0 Å². The number of benzene rings is 1. The first-order chi connectivity index (χ1) is 8.12. The highest BCUT2D eigenvalue weighted by Gasteiger charge is 2.33. The van der Waals surface area contributed by atoms with Crippen LogP contribution in [0.4, 0.5) is 4.39 Å². The van der Waals surface area contributed by atoms with E-state index >= 15 is 0 Å². The Balaban J connectivity index is 2.08. The second-order valence-electron chi connectivity index (χ2n) is 4.91. The SMILES string of the molecule is CC1(C(=O)Cc2ccccc2F)CCCCN1. The van der Waals surface area contributed by atoms with Gasteiger partial charge in [-0.15, -0.1) is 0 Å². The van der Waals surface area contributed by atoms with Crippen molar-refractivity contribution in [2.75, 3.05) is 6.54 Å². The van der Waals surface area contributed by atoms with Crippen LogP contribution in [0.3, 0.4) is 0 Å². The maximum atomic E-state index is 13.5. The van der Waals surface area contributed by atoms with Crippen molar-refractivity contribution in [3.05, 3.63) is 35.6 Å². The lowest BCUT2D eigenvalue weighted by Gasteiger charge is -2.33. The van der Waals surface area contributed by atoms with Gasteiger partial charge in [0.15, 0.2) is 5.78 Å². The van der Waals surface area contributed by atoms with Crippen molar-refractivity contribution in [2.45, 2.75) is 38.1 Å². The molecule has 1 saturated heterocycles. The lowest BCUT2D eigenvalue weighted by atomic mass is 9.84. The standard InChI is InChI=1S/C14H18FNO/c1-14(8-4-5-9-16-14)13(17)10-11-6-2-3-7-12(11)15/h2-3,6-7,16H,4-5,8-10H2,1H3. The van der Waals surface area contributed by atoms with Gasteiger partial charge < -0.3 is 5.32 Å². The molecule has 1 unspecified atom stereocenters. The molecule has 0 aliphatic carbocycles. The van der Waals surface area contributed by atoms with Gasteiger partial charge in [0.2, 0.25) is 0 Å². The molecule has 2 rings (SSSR count). The van der Waals surface area contributed by atoms with E-state index in [9.17, 15) is 9.18 Å². The largest absolute Gasteiger partial charge is 0.305 e. The molecule has 0 saturated carbocycles. The molecule has 1 fully saturated rings. The van der Waals surface area contributed by atoms with E-state index in [1.807, 2.05) is 6.92 Å². The molecule has 1 N–H and O–H groups in total. The molecule has 1 aliphatic heterocycles. The van der Waals surface area contributed by atoms with Crippen molar-refractivity contribution in [1.82, 2.24) is 5.32 Å². The van der Waals surface area contributed by atoms with Crippen LogP contribution in [0.5, 0.6) is 0 Å². The lowest BCUT2D eigenvalue weighted by molar-refractivity contribution is -0.125. The van der Waals surface area contributed by atoms with E-state index in [1.165, 1.54) is 6.07 Å². The van der Waals surface area contributed by atoms with Gasteiger partial charge in [-0.05, 0) is 44.4 Å². The van der Waals surface area contributed by atoms with Gasteiger partial charge in [-0.25, -0.2) is 4.39 Å². The van der Waals surface area contributed by atoms with Crippen LogP contribution < -0.4 is 5.32 Å². The molecular formula is C14H18FNO. The maximum Gasteiger partial charge on any atom is 0.157 e. The van der Waals surface area contributed by atoms with E-state index in [1.54, 1.807) is 18.2 Å². The summed E-state index contributed by atoms with van der Waals surface area (Å²) in [6.45, 7) is 2.80. The Bertz CT molecular complexity index is 410. The van der Waals surface area contributed by atoms with Gasteiger partial charge in [0.1, 0.15) is 5.82 Å². The highest BCUT2D eigenvalue weighted by atomic mass is 19.1. The number of hydrogen-bond acceptors (Lipinski definition) is 2. The fraction of sp³-hybridized carbons (Fsp3) is 0.500. The first-order valence-electron chi connectivity index (χ1n) is 6.13. The van der Waals surface area contributed by atoms with Crippen LogP contribution in [0, 0.1) is 5.82 Å². The average molecular weight is 235 g/mol. The summed E-state index contributed by atoms with van der Waals surface area (Å²) in [6.07, 6.45) is 3.20. The first kappa shape index (κ1) is 12.2. The minimum atomic E-state index is -0.472. The molecule has 0 spiro atoms. The van der Waals surface area contributed by atoms with Crippen LogP contribution in [-0.4, -0.2) is 17.9 Å². The van der Waals surface area contributed by atoms with Crippen molar-refractivity contribution < 1.29 is 9.18 Å². The molecule has 0 amide bonds. The maximum absolute atomic E-state index is 13.5. The molecule has 3 heteroatoms. The fourth-order valence-corrected chi connectivity index (χ4v) is 2.30. The summed E-state index contributed by atoms with van der Waals surface area (Å²) >= 11 is 0. The third-order valence-corrected chi connectivity index (χ3v) is 3.54. The quantitative estimate of drug-likeness (QED) is 0.872. The molecule has 1 atom stereocenters. The molecule has 1 aromatic carbocycles. The third-order valence-electron chi connectivity index (χ3n) is 3.54. The second-order valence-corrected chi connectivity index (χ2v) is 4.91. The molecule has 1 heterocycles. The van der Waals surface area contributed by atoms with Crippen LogP contribution in [0.25, 0.3) is 0 Å². The number of ketones is 1. The minimum absolute atomic E-state index is 0.0855. The van der Waals surface area contributed by atoms with Crippen LogP contribution in [0.15, 0.2) is 24.3 Å². The molecule has 2 nitrogen and oxygen atoms in total. The zero-order chi connectivity index (χ0) is 12.3. The summed E-state index contributed by atoms with van der Waals surface area (Å²) in [5.74, 6) is -0.206. The van der Waals surface area contributed by atoms with Crippen LogP contribution in [0.1, 0.15) is 31.7 Å². The Labute approximate surface area is 101 Å². The monoisotopic (exact) mass is 235 g/mol. The minimum Gasteiger partial charge on any atom is -0.305 e. The molecule has 1 aromatic rings. The smallest absolute Gasteiger partial charge is 0.157 e. The van der Waals surface area contributed by atoms with Gasteiger partial charge in [-0.1, -0.05) is 18.2 Å². The highest BCUT2D eigenvalue weighted by Crippen LogP contribution is 2.22. The molecule has 0 radical (unpaired) electrons. The van der Waals surface area contributed by atoms with Gasteiger partial charge in [-0.2, -0.15) is 0 Å². The number of rotatable bonds is 3. The lowest BCUT2D eigenvalue weighted by Crippen LogP contribution is -2.52. The molecule has 1 aliphatic rings. The first-order valence-corrected chi connectivity index (χ1v) is 6.13. The molecular weight excluding hydrogens is 217 g/mol. The normalized spacial score (nSPS) is 24.6. The summed E-state index contributed by atoms with van der Waals surface area (Å²) in [7, 11) is 0. The predicted molar refractivity (Wildman–Crippen MR) is 65.4 cm³/mol. The van der Waals surface area contributed by atoms with Gasteiger partial charge in [0.25, 0.3) is 0 Å². The summed E-state index contributed by atoms with van der Waals surface area (Å²) in [5.41, 5.74) is 0.0201. The Hall–Kier alpha value is -1.22. The number of Topliss-reactive ketones (excluding diaryl/α,β-unsaturated/α-hetero) is 1. The number of carbonyl (C=O) groups is 1. The zero-order valence-electron chi connectivity index (χ0n) is 10.1. The molecule has 0 bridgehead atoms. The molecule has 92 valence electrons. The number of carbonyl (C=O) groups excluding carboxylic acids is 1. The van der Waals surface area contributed by atoms with Crippen molar-refractivity contribution in [3.63, 3.8) is 0 Å². The van der Waals surface area contributed by atoms with Crippen molar-refractivity contribution >= 4 is 5.78 Å². The van der Waals surface area contributed by atoms with E-state index in [-0.39, 0.29) is 18.0 Å². The van der Waals surface area contributed by atoms with Crippen LogP contribution >= 0.6 is 0 Å². The topological polar surface area (TPSA) is 29.1 Å². The number of halogens is 1. The van der Waals surface area contributed by atoms with E-state index < -0.39 is 5.54 Å². The van der Waals surface area contributed by atoms with E-state index in [0.29, 0.717) is 5.56 Å². The van der Waals surface area contributed by atoms with E-state index in [0.717, 1.165) is 25.8 Å². The van der Waals surface area contributed by atoms with E-state index in [2.05, 4.69) is 5.32 Å². The Morgan fingerprint density at radius 1 is 1.41 bits per heavy atom. The summed E-state index contributed by atoms with van der Waals surface area (Å²) < 4.78 is 13.5. The second kappa shape index (κ2) is 4.96. The van der Waals surface area contributed by atoms with Gasteiger partial charge >= 0.3 is 0 Å². The van der Waals surface area contributed by atoms with Gasteiger partial charge in [-0.3, -0.25) is 4.79 Å². The fourth-order valence-electron chi connectivity index (χ4n) is 2.30. The Kier molecular flexibility index (Phi) is 3.57. The predicted octanol–water partition coefficient (Wildman–Crippen LogP) is 2.47. The average Bonchev–Trinajstić information content (AvgIpc) is 2.33.